The third-order valence-corrected chi connectivity index (χ3v) is 5.40. The van der Waals surface area contributed by atoms with E-state index in [0.717, 1.165) is 6.26 Å². The summed E-state index contributed by atoms with van der Waals surface area (Å²) in [5, 5.41) is 2.06. The van der Waals surface area contributed by atoms with Crippen molar-refractivity contribution in [3.63, 3.8) is 0 Å². The van der Waals surface area contributed by atoms with Crippen molar-refractivity contribution in [2.24, 2.45) is 5.92 Å². The van der Waals surface area contributed by atoms with Crippen LogP contribution in [0.2, 0.25) is 0 Å². The molecule has 1 N–H and O–H groups in total. The molecule has 0 aromatic heterocycles. The van der Waals surface area contributed by atoms with Crippen molar-refractivity contribution in [2.75, 3.05) is 25.9 Å². The Morgan fingerprint density at radius 2 is 1.86 bits per heavy atom. The van der Waals surface area contributed by atoms with Gasteiger partial charge < -0.3 is 10.2 Å². The fourth-order valence-corrected chi connectivity index (χ4v) is 3.87. The zero-order valence-corrected chi connectivity index (χ0v) is 13.2. The first-order valence-electron chi connectivity index (χ1n) is 7.09. The van der Waals surface area contributed by atoms with Crippen LogP contribution >= 0.6 is 0 Å². The molecule has 0 bridgehead atoms. The molecule has 2 fully saturated rings. The summed E-state index contributed by atoms with van der Waals surface area (Å²) in [6.45, 7) is 1.88. The lowest BCUT2D eigenvalue weighted by Gasteiger charge is -2.38. The van der Waals surface area contributed by atoms with Crippen LogP contribution in [0.15, 0.2) is 0 Å². The number of rotatable bonds is 3. The zero-order chi connectivity index (χ0) is 16.7. The smallest absolute Gasteiger partial charge is 0.326 e. The lowest BCUT2D eigenvalue weighted by Crippen LogP contribution is -2.59. The van der Waals surface area contributed by atoms with Crippen LogP contribution in [0.3, 0.4) is 0 Å². The van der Waals surface area contributed by atoms with E-state index in [2.05, 4.69) is 5.32 Å². The molecule has 0 radical (unpaired) electrons. The molecule has 2 rings (SSSR count). The topological polar surface area (TPSA) is 69.7 Å². The second-order valence-corrected chi connectivity index (χ2v) is 7.91. The molecule has 2 amide bonds. The van der Waals surface area contributed by atoms with E-state index in [4.69, 9.17) is 0 Å². The molecule has 0 spiro atoms. The normalized spacial score (nSPS) is 25.9. The van der Waals surface area contributed by atoms with Crippen LogP contribution in [0.4, 0.5) is 18.0 Å². The van der Waals surface area contributed by atoms with E-state index in [1.807, 2.05) is 0 Å². The molecule has 128 valence electrons. The molecular formula is C12H20F3N3O3S. The number of carbonyl (C=O) groups is 1. The van der Waals surface area contributed by atoms with Gasteiger partial charge in [0.1, 0.15) is 6.04 Å². The van der Waals surface area contributed by atoms with Gasteiger partial charge in [-0.25, -0.2) is 13.2 Å². The molecule has 1 saturated heterocycles. The minimum absolute atomic E-state index is 0.0775. The van der Waals surface area contributed by atoms with Gasteiger partial charge in [0, 0.05) is 25.7 Å². The third-order valence-electron chi connectivity index (χ3n) is 4.00. The number of hydrogen-bond donors (Lipinski definition) is 1. The van der Waals surface area contributed by atoms with Gasteiger partial charge in [-0.15, -0.1) is 0 Å². The Labute approximate surface area is 127 Å². The van der Waals surface area contributed by atoms with Gasteiger partial charge in [-0.05, 0) is 25.7 Å². The van der Waals surface area contributed by atoms with Crippen LogP contribution in [0, 0.1) is 5.92 Å². The molecule has 0 aromatic rings. The molecule has 1 heterocycles. The van der Waals surface area contributed by atoms with Crippen molar-refractivity contribution in [3.05, 3.63) is 0 Å². The second kappa shape index (κ2) is 5.88. The number of hydrogen-bond acceptors (Lipinski definition) is 3. The highest BCUT2D eigenvalue weighted by Crippen LogP contribution is 2.40. The van der Waals surface area contributed by atoms with Gasteiger partial charge in [0.25, 0.3) is 0 Å². The van der Waals surface area contributed by atoms with Crippen molar-refractivity contribution >= 4 is 16.1 Å². The van der Waals surface area contributed by atoms with Crippen LogP contribution in [-0.4, -0.2) is 67.8 Å². The van der Waals surface area contributed by atoms with Gasteiger partial charge in [0.05, 0.1) is 6.26 Å². The van der Waals surface area contributed by atoms with E-state index >= 15 is 0 Å². The number of piperazine rings is 1. The summed E-state index contributed by atoms with van der Waals surface area (Å²) in [6.07, 6.45) is -2.46. The van der Waals surface area contributed by atoms with Crippen molar-refractivity contribution in [1.82, 2.24) is 14.5 Å². The Morgan fingerprint density at radius 1 is 1.27 bits per heavy atom. The number of nitrogens with one attached hydrogen (secondary N) is 1. The Bertz CT molecular complexity index is 533. The van der Waals surface area contributed by atoms with E-state index in [1.54, 1.807) is 6.92 Å². The van der Waals surface area contributed by atoms with Crippen LogP contribution in [0.5, 0.6) is 0 Å². The number of alkyl halides is 3. The van der Waals surface area contributed by atoms with Gasteiger partial charge in [0.2, 0.25) is 10.0 Å². The van der Waals surface area contributed by atoms with E-state index in [1.165, 1.54) is 9.21 Å². The number of sulfonamides is 1. The molecule has 2 aliphatic rings. The minimum atomic E-state index is -4.46. The monoisotopic (exact) mass is 343 g/mol. The summed E-state index contributed by atoms with van der Waals surface area (Å²) >= 11 is 0. The molecule has 1 aliphatic heterocycles. The Kier molecular flexibility index (Phi) is 4.63. The minimum Gasteiger partial charge on any atom is -0.326 e. The van der Waals surface area contributed by atoms with E-state index in [-0.39, 0.29) is 19.6 Å². The predicted molar refractivity (Wildman–Crippen MR) is 73.7 cm³/mol. The maximum absolute atomic E-state index is 12.9. The molecule has 2 atom stereocenters. The Balaban J connectivity index is 1.97. The maximum atomic E-state index is 12.9. The first kappa shape index (κ1) is 17.3. The average molecular weight is 343 g/mol. The molecule has 22 heavy (non-hydrogen) atoms. The summed E-state index contributed by atoms with van der Waals surface area (Å²) in [6, 6.07) is -3.06. The van der Waals surface area contributed by atoms with E-state index in [9.17, 15) is 26.4 Å². The van der Waals surface area contributed by atoms with E-state index in [0.29, 0.717) is 12.8 Å². The first-order chi connectivity index (χ1) is 10.00. The highest BCUT2D eigenvalue weighted by atomic mass is 32.2. The molecule has 10 heteroatoms. The average Bonchev–Trinajstić information content (AvgIpc) is 3.16. The largest absolute Gasteiger partial charge is 0.408 e. The van der Waals surface area contributed by atoms with Crippen LogP contribution < -0.4 is 5.32 Å². The molecular weight excluding hydrogens is 323 g/mol. The van der Waals surface area contributed by atoms with Crippen molar-refractivity contribution in [2.45, 2.75) is 38.0 Å². The number of amides is 2. The second-order valence-electron chi connectivity index (χ2n) is 5.97. The Morgan fingerprint density at radius 3 is 2.27 bits per heavy atom. The van der Waals surface area contributed by atoms with Gasteiger partial charge in [-0.3, -0.25) is 0 Å². The zero-order valence-electron chi connectivity index (χ0n) is 12.4. The lowest BCUT2D eigenvalue weighted by atomic mass is 10.2. The van der Waals surface area contributed by atoms with Crippen LogP contribution in [0.25, 0.3) is 0 Å². The Hall–Kier alpha value is -1.03. The van der Waals surface area contributed by atoms with Gasteiger partial charge in [-0.1, -0.05) is 0 Å². The third kappa shape index (κ3) is 4.03. The predicted octanol–water partition coefficient (Wildman–Crippen LogP) is 1.00. The summed E-state index contributed by atoms with van der Waals surface area (Å²) < 4.78 is 63.1. The summed E-state index contributed by atoms with van der Waals surface area (Å²) in [4.78, 5) is 13.3. The molecule has 1 saturated carbocycles. The standard InChI is InChI=1S/C12H20F3N3O3S/c1-8-7-17(5-6-18(8)22(2,20)21)11(19)16-10(9-3-4-9)12(13,14)15/h8-10H,3-7H2,1-2H3,(H,16,19)/t8-,10?/m0/s1. The SMILES string of the molecule is C[C@H]1CN(C(=O)NC(C2CC2)C(F)(F)F)CCN1S(C)(=O)=O. The maximum Gasteiger partial charge on any atom is 0.408 e. The highest BCUT2D eigenvalue weighted by Gasteiger charge is 2.50. The summed E-state index contributed by atoms with van der Waals surface area (Å²) in [7, 11) is -3.38. The first-order valence-corrected chi connectivity index (χ1v) is 8.94. The quantitative estimate of drug-likeness (QED) is 0.831. The van der Waals surface area contributed by atoms with Gasteiger partial charge in [-0.2, -0.15) is 17.5 Å². The van der Waals surface area contributed by atoms with Crippen molar-refractivity contribution < 1.29 is 26.4 Å². The molecule has 1 unspecified atom stereocenters. The molecule has 0 aromatic carbocycles. The van der Waals surface area contributed by atoms with Gasteiger partial charge in [0.15, 0.2) is 0 Å². The number of halogens is 3. The van der Waals surface area contributed by atoms with Gasteiger partial charge >= 0.3 is 12.2 Å². The number of urea groups is 1. The summed E-state index contributed by atoms with van der Waals surface area (Å²) in [5.41, 5.74) is 0. The van der Waals surface area contributed by atoms with E-state index < -0.39 is 40.2 Å². The summed E-state index contributed by atoms with van der Waals surface area (Å²) in [5.74, 6) is -0.543. The lowest BCUT2D eigenvalue weighted by molar-refractivity contribution is -0.158. The van der Waals surface area contributed by atoms with Crippen molar-refractivity contribution in [1.29, 1.82) is 0 Å². The fraction of sp³-hybridized carbons (Fsp3) is 0.917. The van der Waals surface area contributed by atoms with Crippen LogP contribution in [0.1, 0.15) is 19.8 Å². The molecule has 1 aliphatic carbocycles. The molecule has 6 nitrogen and oxygen atoms in total. The van der Waals surface area contributed by atoms with Crippen molar-refractivity contribution in [3.8, 4) is 0 Å². The fourth-order valence-electron chi connectivity index (χ4n) is 2.74. The highest BCUT2D eigenvalue weighted by molar-refractivity contribution is 7.88. The van der Waals surface area contributed by atoms with Crippen LogP contribution in [-0.2, 0) is 10.0 Å². The number of carbonyl (C=O) groups excluding carboxylic acids is 1. The number of nitrogens with zero attached hydrogens (tertiary/aromatic N) is 2.